The van der Waals surface area contributed by atoms with E-state index in [1.54, 1.807) is 19.1 Å². The smallest absolute Gasteiger partial charge is 0.227 e. The van der Waals surface area contributed by atoms with Crippen LogP contribution in [0.15, 0.2) is 28.1 Å². The summed E-state index contributed by atoms with van der Waals surface area (Å²) in [5.74, 6) is 0.597. The van der Waals surface area contributed by atoms with Gasteiger partial charge >= 0.3 is 0 Å². The number of amides is 1. The van der Waals surface area contributed by atoms with Gasteiger partial charge in [-0.3, -0.25) is 4.79 Å². The molecule has 0 fully saturated rings. The molecule has 27 heavy (non-hydrogen) atoms. The predicted octanol–water partition coefficient (Wildman–Crippen LogP) is 1.62. The Hall–Kier alpha value is -2.09. The van der Waals surface area contributed by atoms with Crippen molar-refractivity contribution in [2.75, 3.05) is 25.9 Å². The van der Waals surface area contributed by atoms with Gasteiger partial charge in [-0.2, -0.15) is 0 Å². The number of hydrogen-bond acceptors (Lipinski definition) is 4. The summed E-state index contributed by atoms with van der Waals surface area (Å²) in [7, 11) is -3.23. The van der Waals surface area contributed by atoms with Crippen molar-refractivity contribution in [1.29, 1.82) is 0 Å². The Labute approximate surface area is 163 Å². The fourth-order valence-corrected chi connectivity index (χ4v) is 3.48. The van der Waals surface area contributed by atoms with E-state index in [9.17, 15) is 13.2 Å². The van der Waals surface area contributed by atoms with E-state index < -0.39 is 15.3 Å². The van der Waals surface area contributed by atoms with Gasteiger partial charge in [-0.25, -0.2) is 13.4 Å². The topological polar surface area (TPSA) is 99.7 Å². The number of carbonyl (C=O) groups is 1. The molecule has 8 heteroatoms. The number of carbonyl (C=O) groups excluding carboxylic acids is 1. The highest BCUT2D eigenvalue weighted by Crippen LogP contribution is 2.17. The van der Waals surface area contributed by atoms with Crippen LogP contribution in [0.5, 0.6) is 0 Å². The second-order valence-electron chi connectivity index (χ2n) is 7.16. The lowest BCUT2D eigenvalue weighted by atomic mass is 9.92. The maximum atomic E-state index is 12.1. The number of guanidine groups is 1. The molecule has 0 bridgehead atoms. The lowest BCUT2D eigenvalue weighted by Crippen LogP contribution is -2.47. The van der Waals surface area contributed by atoms with Crippen molar-refractivity contribution < 1.29 is 13.2 Å². The number of nitrogens with one attached hydrogen (secondary N) is 3. The van der Waals surface area contributed by atoms with E-state index in [0.29, 0.717) is 42.6 Å². The second kappa shape index (κ2) is 9.73. The maximum absolute atomic E-state index is 12.1. The Morgan fingerprint density at radius 3 is 2.26 bits per heavy atom. The van der Waals surface area contributed by atoms with Crippen molar-refractivity contribution in [2.24, 2.45) is 10.4 Å². The molecule has 0 radical (unpaired) electrons. The fraction of sp³-hybridized carbons (Fsp3) is 0.579. The van der Waals surface area contributed by atoms with Crippen LogP contribution in [-0.2, 0) is 21.2 Å². The van der Waals surface area contributed by atoms with Crippen LogP contribution < -0.4 is 16.0 Å². The van der Waals surface area contributed by atoms with Crippen LogP contribution in [0.1, 0.15) is 38.8 Å². The highest BCUT2D eigenvalue weighted by Gasteiger charge is 2.27. The average Bonchev–Trinajstić information content (AvgIpc) is 2.56. The van der Waals surface area contributed by atoms with Crippen molar-refractivity contribution in [2.45, 2.75) is 46.1 Å². The van der Waals surface area contributed by atoms with E-state index in [1.807, 2.05) is 33.8 Å². The third-order valence-corrected chi connectivity index (χ3v) is 5.31. The first-order chi connectivity index (χ1) is 12.5. The lowest BCUT2D eigenvalue weighted by molar-refractivity contribution is -0.128. The van der Waals surface area contributed by atoms with Crippen molar-refractivity contribution in [1.82, 2.24) is 16.0 Å². The van der Waals surface area contributed by atoms with E-state index >= 15 is 0 Å². The van der Waals surface area contributed by atoms with Crippen LogP contribution in [0, 0.1) is 12.3 Å². The Morgan fingerprint density at radius 2 is 1.74 bits per heavy atom. The summed E-state index contributed by atoms with van der Waals surface area (Å²) >= 11 is 0. The second-order valence-corrected chi connectivity index (χ2v) is 9.15. The van der Waals surface area contributed by atoms with Crippen molar-refractivity contribution in [3.05, 3.63) is 29.3 Å². The molecule has 0 unspecified atom stereocenters. The summed E-state index contributed by atoms with van der Waals surface area (Å²) in [4.78, 5) is 17.0. The van der Waals surface area contributed by atoms with E-state index in [2.05, 4.69) is 20.9 Å². The predicted molar refractivity (Wildman–Crippen MR) is 110 cm³/mol. The minimum atomic E-state index is -3.23. The molecule has 1 amide bonds. The standard InChI is InChI=1S/C19H32N4O3S/c1-7-20-17(24)19(4,5)13-23-18(21-8-2)22-12-15-9-10-16(14(3)11-15)27(6,25)26/h9-11H,7-8,12-13H2,1-6H3,(H,20,24)(H2,21,22,23). The third kappa shape index (κ3) is 7.21. The minimum Gasteiger partial charge on any atom is -0.357 e. The zero-order valence-corrected chi connectivity index (χ0v) is 18.0. The van der Waals surface area contributed by atoms with Gasteiger partial charge in [-0.15, -0.1) is 0 Å². The normalized spacial score (nSPS) is 12.6. The van der Waals surface area contributed by atoms with Crippen LogP contribution in [0.4, 0.5) is 0 Å². The number of sulfone groups is 1. The van der Waals surface area contributed by atoms with Crippen LogP contribution in [0.2, 0.25) is 0 Å². The number of rotatable bonds is 8. The van der Waals surface area contributed by atoms with Gasteiger partial charge in [0.25, 0.3) is 0 Å². The maximum Gasteiger partial charge on any atom is 0.227 e. The van der Waals surface area contributed by atoms with Crippen LogP contribution >= 0.6 is 0 Å². The molecule has 7 nitrogen and oxygen atoms in total. The van der Waals surface area contributed by atoms with Crippen molar-refractivity contribution >= 4 is 21.7 Å². The number of hydrogen-bond donors (Lipinski definition) is 3. The monoisotopic (exact) mass is 396 g/mol. The number of nitrogens with zero attached hydrogens (tertiary/aromatic N) is 1. The molecule has 0 aliphatic heterocycles. The molecule has 0 saturated carbocycles. The van der Waals surface area contributed by atoms with Gasteiger partial charge in [0.1, 0.15) is 0 Å². The quantitative estimate of drug-likeness (QED) is 0.458. The SMILES string of the molecule is CCNC(=O)C(C)(C)CNC(=NCc1ccc(S(C)(=O)=O)c(C)c1)NCC. The van der Waals surface area contributed by atoms with E-state index in [1.165, 1.54) is 6.26 Å². The first-order valence-electron chi connectivity index (χ1n) is 9.11. The molecule has 0 aromatic heterocycles. The summed E-state index contributed by atoms with van der Waals surface area (Å²) in [5, 5.41) is 9.20. The zero-order valence-electron chi connectivity index (χ0n) is 17.1. The third-order valence-electron chi connectivity index (χ3n) is 4.05. The first-order valence-corrected chi connectivity index (χ1v) is 11.0. The Bertz CT molecular complexity index is 786. The average molecular weight is 397 g/mol. The van der Waals surface area contributed by atoms with Crippen LogP contribution in [0.25, 0.3) is 0 Å². The van der Waals surface area contributed by atoms with Crippen molar-refractivity contribution in [3.8, 4) is 0 Å². The fourth-order valence-electron chi connectivity index (χ4n) is 2.52. The van der Waals surface area contributed by atoms with Gasteiger partial charge in [-0.1, -0.05) is 12.1 Å². The zero-order chi connectivity index (χ0) is 20.7. The number of aryl methyl sites for hydroxylation is 1. The Kier molecular flexibility index (Phi) is 8.27. The summed E-state index contributed by atoms with van der Waals surface area (Å²) in [6, 6.07) is 5.23. The van der Waals surface area contributed by atoms with E-state index in [4.69, 9.17) is 0 Å². The van der Waals surface area contributed by atoms with E-state index in [-0.39, 0.29) is 5.91 Å². The summed E-state index contributed by atoms with van der Waals surface area (Å²) < 4.78 is 23.4. The largest absolute Gasteiger partial charge is 0.357 e. The van der Waals surface area contributed by atoms with Gasteiger partial charge in [-0.05, 0) is 51.8 Å². The van der Waals surface area contributed by atoms with Crippen LogP contribution in [-0.4, -0.2) is 46.2 Å². The van der Waals surface area contributed by atoms with Gasteiger partial charge in [0.2, 0.25) is 5.91 Å². The van der Waals surface area contributed by atoms with Gasteiger partial charge in [0.15, 0.2) is 15.8 Å². The highest BCUT2D eigenvalue weighted by atomic mass is 32.2. The Morgan fingerprint density at radius 1 is 1.11 bits per heavy atom. The van der Waals surface area contributed by atoms with Gasteiger partial charge in [0, 0.05) is 25.9 Å². The number of benzene rings is 1. The Balaban J connectivity index is 2.85. The summed E-state index contributed by atoms with van der Waals surface area (Å²) in [6.07, 6.45) is 1.21. The lowest BCUT2D eigenvalue weighted by Gasteiger charge is -2.24. The van der Waals surface area contributed by atoms with Crippen LogP contribution in [0.3, 0.4) is 0 Å². The summed E-state index contributed by atoms with van der Waals surface area (Å²) in [6.45, 7) is 11.5. The molecule has 3 N–H and O–H groups in total. The number of aliphatic imine (C=N–C) groups is 1. The van der Waals surface area contributed by atoms with Gasteiger partial charge in [0.05, 0.1) is 16.9 Å². The molecular formula is C19H32N4O3S. The van der Waals surface area contributed by atoms with Gasteiger partial charge < -0.3 is 16.0 Å². The van der Waals surface area contributed by atoms with E-state index in [0.717, 1.165) is 5.56 Å². The molecule has 0 heterocycles. The molecule has 1 aromatic carbocycles. The molecule has 152 valence electrons. The first kappa shape index (κ1) is 23.0. The summed E-state index contributed by atoms with van der Waals surface area (Å²) in [5.41, 5.74) is 1.06. The minimum absolute atomic E-state index is 0.0136. The molecular weight excluding hydrogens is 364 g/mol. The molecule has 0 aliphatic rings. The molecule has 0 aliphatic carbocycles. The molecule has 1 rings (SSSR count). The molecule has 0 spiro atoms. The molecule has 0 atom stereocenters. The highest BCUT2D eigenvalue weighted by molar-refractivity contribution is 7.90. The van der Waals surface area contributed by atoms with Crippen molar-refractivity contribution in [3.63, 3.8) is 0 Å². The molecule has 0 saturated heterocycles. The molecule has 1 aromatic rings.